The van der Waals surface area contributed by atoms with Gasteiger partial charge in [-0.05, 0) is 36.2 Å². The van der Waals surface area contributed by atoms with Gasteiger partial charge in [0.25, 0.3) is 0 Å². The molecule has 8 heteroatoms. The van der Waals surface area contributed by atoms with Gasteiger partial charge in [0.2, 0.25) is 5.91 Å². The maximum Gasteiger partial charge on any atom is 0.230 e. The zero-order chi connectivity index (χ0) is 22.5. The zero-order valence-electron chi connectivity index (χ0n) is 18.2. The number of nitrogens with one attached hydrogen (secondary N) is 1. The first-order valence-electron chi connectivity index (χ1n) is 10.1. The lowest BCUT2D eigenvalue weighted by Gasteiger charge is -2.10. The number of hydrogen-bond donors (Lipinski definition) is 1. The number of ether oxygens (including phenoxy) is 2. The highest BCUT2D eigenvalue weighted by atomic mass is 32.2. The van der Waals surface area contributed by atoms with Crippen LogP contribution in [0.2, 0.25) is 0 Å². The van der Waals surface area contributed by atoms with Crippen molar-refractivity contribution in [2.24, 2.45) is 0 Å². The lowest BCUT2D eigenvalue weighted by molar-refractivity contribution is -0.118. The number of benzene rings is 2. The number of nitrogens with zero attached hydrogens (tertiary/aromatic N) is 3. The third-order valence-corrected chi connectivity index (χ3v) is 5.94. The van der Waals surface area contributed by atoms with Gasteiger partial charge in [-0.1, -0.05) is 48.2 Å². The summed E-state index contributed by atoms with van der Waals surface area (Å²) < 4.78 is 12.5. The molecule has 0 saturated heterocycles. The molecule has 0 unspecified atom stereocenters. The van der Waals surface area contributed by atoms with E-state index in [1.165, 1.54) is 11.8 Å². The minimum absolute atomic E-state index is 0.0336. The van der Waals surface area contributed by atoms with Gasteiger partial charge in [-0.15, -0.1) is 0 Å². The van der Waals surface area contributed by atoms with Gasteiger partial charge in [0.05, 0.1) is 26.2 Å². The molecule has 0 saturated carbocycles. The van der Waals surface area contributed by atoms with Crippen LogP contribution in [0.4, 0.5) is 0 Å². The van der Waals surface area contributed by atoms with E-state index < -0.39 is 0 Å². The second-order valence-electron chi connectivity index (χ2n) is 7.15. The number of carbonyl (C=O) groups excluding carboxylic acids is 1. The first-order valence-corrected chi connectivity index (χ1v) is 11.1. The Hall–Kier alpha value is -3.52. The summed E-state index contributed by atoms with van der Waals surface area (Å²) in [5.41, 5.74) is 4.45. The molecular formula is C24H24N4O3S. The molecule has 0 radical (unpaired) electrons. The van der Waals surface area contributed by atoms with Crippen molar-refractivity contribution in [3.8, 4) is 22.6 Å². The van der Waals surface area contributed by atoms with Crippen molar-refractivity contribution in [3.63, 3.8) is 0 Å². The fourth-order valence-corrected chi connectivity index (χ4v) is 4.24. The normalized spacial score (nSPS) is 10.8. The van der Waals surface area contributed by atoms with Gasteiger partial charge < -0.3 is 14.8 Å². The maximum atomic E-state index is 12.4. The second-order valence-corrected chi connectivity index (χ2v) is 8.15. The number of carbonyl (C=O) groups is 1. The summed E-state index contributed by atoms with van der Waals surface area (Å²) >= 11 is 1.43. The van der Waals surface area contributed by atoms with E-state index in [0.29, 0.717) is 18.0 Å². The summed E-state index contributed by atoms with van der Waals surface area (Å²) in [5.74, 6) is 1.56. The SMILES string of the molecule is COc1ccc(-c2cnn3c(SCC(=O)NCc4ccccc4)cc(C)nc23)cc1OC. The standard InChI is InChI=1S/C24H24N4O3S/c1-16-11-23(32-15-22(29)25-13-17-7-5-4-6-8-17)28-24(27-16)19(14-26-28)18-9-10-20(30-2)21(12-18)31-3/h4-12,14H,13,15H2,1-3H3,(H,25,29). The second kappa shape index (κ2) is 9.74. The van der Waals surface area contributed by atoms with Gasteiger partial charge in [0.15, 0.2) is 17.1 Å². The van der Waals surface area contributed by atoms with Gasteiger partial charge in [-0.25, -0.2) is 9.50 Å². The molecule has 32 heavy (non-hydrogen) atoms. The molecular weight excluding hydrogens is 424 g/mol. The Morgan fingerprint density at radius 3 is 2.59 bits per heavy atom. The largest absolute Gasteiger partial charge is 0.493 e. The first-order chi connectivity index (χ1) is 15.6. The molecule has 0 fully saturated rings. The molecule has 0 spiro atoms. The van der Waals surface area contributed by atoms with Gasteiger partial charge in [0.1, 0.15) is 5.03 Å². The Morgan fingerprint density at radius 2 is 1.84 bits per heavy atom. The summed E-state index contributed by atoms with van der Waals surface area (Å²) in [7, 11) is 3.22. The number of rotatable bonds is 8. The number of aromatic nitrogens is 3. The average molecular weight is 449 g/mol. The molecule has 2 aromatic carbocycles. The van der Waals surface area contributed by atoms with Crippen molar-refractivity contribution in [2.75, 3.05) is 20.0 Å². The molecule has 0 aliphatic rings. The highest BCUT2D eigenvalue weighted by Gasteiger charge is 2.15. The lowest BCUT2D eigenvalue weighted by atomic mass is 10.1. The smallest absolute Gasteiger partial charge is 0.230 e. The van der Waals surface area contributed by atoms with Crippen LogP contribution in [0.5, 0.6) is 11.5 Å². The van der Waals surface area contributed by atoms with E-state index >= 15 is 0 Å². The van der Waals surface area contributed by atoms with Gasteiger partial charge >= 0.3 is 0 Å². The van der Waals surface area contributed by atoms with Crippen LogP contribution in [0.1, 0.15) is 11.3 Å². The van der Waals surface area contributed by atoms with Crippen LogP contribution in [0.15, 0.2) is 65.8 Å². The number of thioether (sulfide) groups is 1. The number of hydrogen-bond acceptors (Lipinski definition) is 6. The van der Waals surface area contributed by atoms with Crippen molar-refractivity contribution in [1.82, 2.24) is 19.9 Å². The molecule has 0 aliphatic carbocycles. The van der Waals surface area contributed by atoms with E-state index in [1.807, 2.05) is 61.5 Å². The predicted molar refractivity (Wildman–Crippen MR) is 125 cm³/mol. The Labute approximate surface area is 190 Å². The van der Waals surface area contributed by atoms with Crippen LogP contribution in [-0.4, -0.2) is 40.5 Å². The molecule has 1 N–H and O–H groups in total. The lowest BCUT2D eigenvalue weighted by Crippen LogP contribution is -2.24. The quantitative estimate of drug-likeness (QED) is 0.323. The van der Waals surface area contributed by atoms with Crippen LogP contribution >= 0.6 is 11.8 Å². The van der Waals surface area contributed by atoms with Crippen LogP contribution in [-0.2, 0) is 11.3 Å². The first kappa shape index (κ1) is 21.7. The molecule has 2 heterocycles. The summed E-state index contributed by atoms with van der Waals surface area (Å²) in [4.78, 5) is 17.1. The Bertz CT molecular complexity index is 1240. The van der Waals surface area contributed by atoms with E-state index in [2.05, 4.69) is 15.4 Å². The molecule has 4 rings (SSSR count). The van der Waals surface area contributed by atoms with Crippen LogP contribution < -0.4 is 14.8 Å². The van der Waals surface area contributed by atoms with E-state index in [1.54, 1.807) is 24.9 Å². The zero-order valence-corrected chi connectivity index (χ0v) is 19.0. The fraction of sp³-hybridized carbons (Fsp3) is 0.208. The highest BCUT2D eigenvalue weighted by molar-refractivity contribution is 7.99. The van der Waals surface area contributed by atoms with E-state index in [9.17, 15) is 4.79 Å². The molecule has 7 nitrogen and oxygen atoms in total. The van der Waals surface area contributed by atoms with Gasteiger partial charge in [-0.2, -0.15) is 5.10 Å². The number of methoxy groups -OCH3 is 2. The summed E-state index contributed by atoms with van der Waals surface area (Å²) in [6.07, 6.45) is 1.78. The average Bonchev–Trinajstić information content (AvgIpc) is 3.25. The molecule has 164 valence electrons. The van der Waals surface area contributed by atoms with E-state index in [4.69, 9.17) is 9.47 Å². The van der Waals surface area contributed by atoms with Crippen molar-refractivity contribution in [3.05, 3.63) is 72.1 Å². The van der Waals surface area contributed by atoms with E-state index in [-0.39, 0.29) is 11.7 Å². The maximum absolute atomic E-state index is 12.4. The summed E-state index contributed by atoms with van der Waals surface area (Å²) in [6, 6.07) is 17.5. The number of aryl methyl sites for hydroxylation is 1. The van der Waals surface area contributed by atoms with Crippen LogP contribution in [0, 0.1) is 6.92 Å². The van der Waals surface area contributed by atoms with Gasteiger partial charge in [0, 0.05) is 17.8 Å². The fourth-order valence-electron chi connectivity index (χ4n) is 3.35. The molecule has 0 bridgehead atoms. The molecule has 0 aliphatic heterocycles. The van der Waals surface area contributed by atoms with Crippen molar-refractivity contribution >= 4 is 23.3 Å². The third-order valence-electron chi connectivity index (χ3n) is 4.95. The summed E-state index contributed by atoms with van der Waals surface area (Å²) in [6.45, 7) is 2.45. The topological polar surface area (TPSA) is 77.8 Å². The molecule has 0 atom stereocenters. The van der Waals surface area contributed by atoms with Crippen molar-refractivity contribution < 1.29 is 14.3 Å². The minimum Gasteiger partial charge on any atom is -0.493 e. The molecule has 2 aromatic heterocycles. The highest BCUT2D eigenvalue weighted by Crippen LogP contribution is 2.34. The van der Waals surface area contributed by atoms with Gasteiger partial charge in [-0.3, -0.25) is 4.79 Å². The predicted octanol–water partition coefficient (Wildman–Crippen LogP) is 4.13. The van der Waals surface area contributed by atoms with E-state index in [0.717, 1.165) is 33.1 Å². The minimum atomic E-state index is -0.0336. The Balaban J connectivity index is 1.54. The number of fused-ring (bicyclic) bond motifs is 1. The molecule has 4 aromatic rings. The Kier molecular flexibility index (Phi) is 6.61. The summed E-state index contributed by atoms with van der Waals surface area (Å²) in [5, 5.41) is 8.35. The van der Waals surface area contributed by atoms with Crippen molar-refractivity contribution in [2.45, 2.75) is 18.5 Å². The monoisotopic (exact) mass is 448 g/mol. The Morgan fingerprint density at radius 1 is 1.06 bits per heavy atom. The third kappa shape index (κ3) is 4.70. The van der Waals surface area contributed by atoms with Crippen molar-refractivity contribution in [1.29, 1.82) is 0 Å². The van der Waals surface area contributed by atoms with Crippen LogP contribution in [0.25, 0.3) is 16.8 Å². The van der Waals surface area contributed by atoms with Crippen LogP contribution in [0.3, 0.4) is 0 Å². The number of amides is 1. The molecule has 1 amide bonds.